The molecule has 112 valence electrons. The highest BCUT2D eigenvalue weighted by molar-refractivity contribution is 5.79. The number of piperidine rings is 1. The first-order valence-electron chi connectivity index (χ1n) is 7.45. The average molecular weight is 289 g/mol. The number of rotatable bonds is 5. The molecular weight excluding hydrogens is 269 g/mol. The molecule has 1 heterocycles. The molecule has 2 aliphatic rings. The summed E-state index contributed by atoms with van der Waals surface area (Å²) >= 11 is 0. The van der Waals surface area contributed by atoms with Crippen LogP contribution < -0.4 is 0 Å². The normalized spacial score (nSPS) is 27.1. The summed E-state index contributed by atoms with van der Waals surface area (Å²) in [6.45, 7) is 5.00. The number of benzene rings is 1. The van der Waals surface area contributed by atoms with Gasteiger partial charge in [-0.3, -0.25) is 4.79 Å². The number of ether oxygens (including phenoxy) is 1. The van der Waals surface area contributed by atoms with Crippen LogP contribution in [0.3, 0.4) is 0 Å². The van der Waals surface area contributed by atoms with Gasteiger partial charge in [-0.2, -0.15) is 0 Å². The van der Waals surface area contributed by atoms with Crippen molar-refractivity contribution >= 4 is 5.91 Å². The zero-order chi connectivity index (χ0) is 14.8. The second kappa shape index (κ2) is 5.98. The third-order valence-corrected chi connectivity index (χ3v) is 4.50. The number of carbonyl (C=O) groups excluding carboxylic acids is 1. The van der Waals surface area contributed by atoms with Crippen LogP contribution in [-0.4, -0.2) is 36.1 Å². The maximum Gasteiger partial charge on any atom is 0.227 e. The molecule has 0 aromatic heterocycles. The van der Waals surface area contributed by atoms with Crippen molar-refractivity contribution < 1.29 is 13.9 Å². The van der Waals surface area contributed by atoms with Crippen LogP contribution in [0.5, 0.6) is 0 Å². The lowest BCUT2D eigenvalue weighted by Gasteiger charge is -2.27. The number of halogens is 1. The van der Waals surface area contributed by atoms with E-state index in [1.54, 1.807) is 18.2 Å². The highest BCUT2D eigenvalue weighted by Gasteiger charge is 2.49. The Morgan fingerprint density at radius 3 is 2.86 bits per heavy atom. The van der Waals surface area contributed by atoms with Crippen molar-refractivity contribution in [3.63, 3.8) is 0 Å². The zero-order valence-corrected chi connectivity index (χ0v) is 12.0. The summed E-state index contributed by atoms with van der Waals surface area (Å²) in [4.78, 5) is 14.4. The van der Waals surface area contributed by atoms with Gasteiger partial charge >= 0.3 is 0 Å². The summed E-state index contributed by atoms with van der Waals surface area (Å²) in [7, 11) is 0. The largest absolute Gasteiger partial charge is 0.372 e. The van der Waals surface area contributed by atoms with Crippen molar-refractivity contribution in [2.45, 2.75) is 31.4 Å². The molecule has 0 N–H and O–H groups in total. The molecule has 1 saturated heterocycles. The van der Waals surface area contributed by atoms with Gasteiger partial charge in [0, 0.05) is 12.5 Å². The number of hydrogen-bond acceptors (Lipinski definition) is 2. The second-order valence-electron chi connectivity index (χ2n) is 5.84. The van der Waals surface area contributed by atoms with Crippen molar-refractivity contribution in [2.24, 2.45) is 5.92 Å². The average Bonchev–Trinajstić information content (AvgIpc) is 3.04. The Morgan fingerprint density at radius 1 is 1.38 bits per heavy atom. The molecule has 2 bridgehead atoms. The summed E-state index contributed by atoms with van der Waals surface area (Å²) in [6.07, 6.45) is 4.38. The fourth-order valence-corrected chi connectivity index (χ4v) is 3.54. The molecule has 1 aromatic rings. The van der Waals surface area contributed by atoms with E-state index >= 15 is 0 Å². The van der Waals surface area contributed by atoms with Crippen LogP contribution >= 0.6 is 0 Å². The molecule has 0 unspecified atom stereocenters. The molecule has 2 fully saturated rings. The van der Waals surface area contributed by atoms with Gasteiger partial charge in [0.15, 0.2) is 0 Å². The monoisotopic (exact) mass is 289 g/mol. The Bertz CT molecular complexity index is 528. The molecule has 0 radical (unpaired) electrons. The third-order valence-electron chi connectivity index (χ3n) is 4.50. The third kappa shape index (κ3) is 2.86. The minimum absolute atomic E-state index is 0.112. The number of likely N-dealkylation sites (tertiary alicyclic amines) is 1. The first-order chi connectivity index (χ1) is 10.2. The minimum Gasteiger partial charge on any atom is -0.372 e. The maximum absolute atomic E-state index is 12.9. The summed E-state index contributed by atoms with van der Waals surface area (Å²) in [5.41, 5.74) is 0.854. The lowest BCUT2D eigenvalue weighted by atomic mass is 10.1. The van der Waals surface area contributed by atoms with Crippen LogP contribution in [0, 0.1) is 11.7 Å². The van der Waals surface area contributed by atoms with Crippen LogP contribution in [-0.2, 0) is 16.0 Å². The number of nitrogens with zero attached hydrogens (tertiary/aromatic N) is 1. The fourth-order valence-electron chi connectivity index (χ4n) is 3.54. The Labute approximate surface area is 124 Å². The van der Waals surface area contributed by atoms with Gasteiger partial charge in [0.25, 0.3) is 0 Å². The van der Waals surface area contributed by atoms with E-state index in [1.807, 2.05) is 4.90 Å². The first-order valence-corrected chi connectivity index (χ1v) is 7.45. The number of carbonyl (C=O) groups is 1. The molecule has 1 aliphatic carbocycles. The highest BCUT2D eigenvalue weighted by atomic mass is 19.1. The Kier molecular flexibility index (Phi) is 4.06. The van der Waals surface area contributed by atoms with Gasteiger partial charge in [0.2, 0.25) is 5.91 Å². The number of fused-ring (bicyclic) bond motifs is 2. The molecule has 1 saturated carbocycles. The highest BCUT2D eigenvalue weighted by Crippen LogP contribution is 2.40. The molecule has 1 aromatic carbocycles. The molecule has 4 heteroatoms. The summed E-state index contributed by atoms with van der Waals surface area (Å²) in [6, 6.07) is 6.34. The van der Waals surface area contributed by atoms with E-state index in [9.17, 15) is 9.18 Å². The summed E-state index contributed by atoms with van der Waals surface area (Å²) in [5.74, 6) is 0.289. The number of amides is 1. The fraction of sp³-hybridized carbons (Fsp3) is 0.471. The molecule has 3 atom stereocenters. The standard InChI is InChI=1S/C17H20FNO2/c1-2-9-21-17-13-5-8-15(17)19(11-13)16(20)10-12-3-6-14(18)7-4-12/h2-4,6-7,13,15,17H,1,5,8-11H2/t13-,15+,17-/m0/s1. The molecule has 3 nitrogen and oxygen atoms in total. The van der Waals surface area contributed by atoms with Gasteiger partial charge in [-0.15, -0.1) is 6.58 Å². The SMILES string of the molecule is C=CCO[C@H]1[C@H]2CC[C@H]1N(C(=O)Cc1ccc(F)cc1)C2. The van der Waals surface area contributed by atoms with Gasteiger partial charge in [-0.25, -0.2) is 4.39 Å². The van der Waals surface area contributed by atoms with Gasteiger partial charge in [-0.1, -0.05) is 18.2 Å². The topological polar surface area (TPSA) is 29.5 Å². The van der Waals surface area contributed by atoms with E-state index in [2.05, 4.69) is 6.58 Å². The van der Waals surface area contributed by atoms with E-state index in [-0.39, 0.29) is 23.9 Å². The molecule has 1 amide bonds. The van der Waals surface area contributed by atoms with Gasteiger partial charge in [-0.05, 0) is 30.5 Å². The second-order valence-corrected chi connectivity index (χ2v) is 5.84. The first kappa shape index (κ1) is 14.3. The minimum atomic E-state index is -0.274. The molecule has 21 heavy (non-hydrogen) atoms. The van der Waals surface area contributed by atoms with Crippen molar-refractivity contribution in [3.8, 4) is 0 Å². The van der Waals surface area contributed by atoms with Crippen LogP contribution in [0.25, 0.3) is 0 Å². The molecular formula is C17H20FNO2. The zero-order valence-electron chi connectivity index (χ0n) is 12.0. The predicted molar refractivity (Wildman–Crippen MR) is 78.3 cm³/mol. The van der Waals surface area contributed by atoms with Crippen LogP contribution in [0.1, 0.15) is 18.4 Å². The lowest BCUT2D eigenvalue weighted by Crippen LogP contribution is -2.40. The molecule has 0 spiro atoms. The van der Waals surface area contributed by atoms with Crippen molar-refractivity contribution in [2.75, 3.05) is 13.2 Å². The predicted octanol–water partition coefficient (Wildman–Crippen LogP) is 2.56. The Balaban J connectivity index is 1.63. The maximum atomic E-state index is 12.9. The van der Waals surface area contributed by atoms with E-state index in [0.29, 0.717) is 18.9 Å². The molecule has 1 aliphatic heterocycles. The van der Waals surface area contributed by atoms with E-state index in [4.69, 9.17) is 4.74 Å². The van der Waals surface area contributed by atoms with Crippen molar-refractivity contribution in [1.82, 2.24) is 4.90 Å². The summed E-state index contributed by atoms with van der Waals surface area (Å²) < 4.78 is 18.7. The van der Waals surface area contributed by atoms with Crippen LogP contribution in [0.15, 0.2) is 36.9 Å². The smallest absolute Gasteiger partial charge is 0.227 e. The van der Waals surface area contributed by atoms with Crippen molar-refractivity contribution in [1.29, 1.82) is 0 Å². The van der Waals surface area contributed by atoms with E-state index < -0.39 is 0 Å². The summed E-state index contributed by atoms with van der Waals surface area (Å²) in [5, 5.41) is 0. The number of hydrogen-bond donors (Lipinski definition) is 0. The molecule has 3 rings (SSSR count). The van der Waals surface area contributed by atoms with E-state index in [1.165, 1.54) is 12.1 Å². The van der Waals surface area contributed by atoms with Gasteiger partial charge in [0.1, 0.15) is 5.82 Å². The van der Waals surface area contributed by atoms with Crippen molar-refractivity contribution in [3.05, 3.63) is 48.3 Å². The van der Waals surface area contributed by atoms with Gasteiger partial charge in [0.05, 0.1) is 25.2 Å². The van der Waals surface area contributed by atoms with Gasteiger partial charge < -0.3 is 9.64 Å². The lowest BCUT2D eigenvalue weighted by molar-refractivity contribution is -0.132. The van der Waals surface area contributed by atoms with Crippen LogP contribution in [0.2, 0.25) is 0 Å². The Morgan fingerprint density at radius 2 is 2.14 bits per heavy atom. The quantitative estimate of drug-likeness (QED) is 0.780. The van der Waals surface area contributed by atoms with Crippen LogP contribution in [0.4, 0.5) is 4.39 Å². The Hall–Kier alpha value is -1.68. The van der Waals surface area contributed by atoms with E-state index in [0.717, 1.165) is 24.9 Å².